The first-order valence-corrected chi connectivity index (χ1v) is 10.5. The molecule has 0 aromatic heterocycles. The Labute approximate surface area is 181 Å². The van der Waals surface area contributed by atoms with Crippen molar-refractivity contribution in [3.8, 4) is 0 Å². The van der Waals surface area contributed by atoms with Gasteiger partial charge in [0.1, 0.15) is 5.92 Å². The maximum Gasteiger partial charge on any atom is 0.316 e. The van der Waals surface area contributed by atoms with Crippen molar-refractivity contribution in [1.29, 1.82) is 0 Å². The maximum absolute atomic E-state index is 13.8. The van der Waals surface area contributed by atoms with Crippen LogP contribution >= 0.6 is 0 Å². The van der Waals surface area contributed by atoms with Crippen molar-refractivity contribution in [2.45, 2.75) is 19.4 Å². The Kier molecular flexibility index (Phi) is 4.74. The van der Waals surface area contributed by atoms with E-state index in [9.17, 15) is 9.59 Å². The van der Waals surface area contributed by atoms with E-state index in [4.69, 9.17) is 4.74 Å². The second-order valence-corrected chi connectivity index (χ2v) is 8.26. The lowest BCUT2D eigenvalue weighted by molar-refractivity contribution is -0.151. The molecule has 1 heterocycles. The van der Waals surface area contributed by atoms with Crippen molar-refractivity contribution >= 4 is 33.9 Å². The molecule has 31 heavy (non-hydrogen) atoms. The fourth-order valence-corrected chi connectivity index (χ4v) is 4.87. The van der Waals surface area contributed by atoms with Gasteiger partial charge in [-0.05, 0) is 40.8 Å². The van der Waals surface area contributed by atoms with E-state index in [1.807, 2.05) is 49.4 Å². The van der Waals surface area contributed by atoms with Crippen molar-refractivity contribution in [3.05, 3.63) is 83.6 Å². The molecule has 1 aliphatic carbocycles. The lowest BCUT2D eigenvalue weighted by Crippen LogP contribution is -2.39. The van der Waals surface area contributed by atoms with E-state index in [0.29, 0.717) is 12.0 Å². The van der Waals surface area contributed by atoms with Crippen LogP contribution < -0.4 is 10.6 Å². The minimum atomic E-state index is -0.800. The van der Waals surface area contributed by atoms with Crippen LogP contribution in [0.15, 0.2) is 78.0 Å². The number of rotatable bonds is 2. The average molecular weight is 412 g/mol. The van der Waals surface area contributed by atoms with Gasteiger partial charge in [0.25, 0.3) is 0 Å². The normalized spacial score (nSPS) is 22.6. The Balaban J connectivity index is 1.74. The molecule has 0 unspecified atom stereocenters. The number of hydrogen-bond acceptors (Lipinski definition) is 5. The summed E-state index contributed by atoms with van der Waals surface area (Å²) in [6.07, 6.45) is 0.595. The standard InChI is InChI=1S/C26H24N2O3/c1-15-14-21-23(25(29)22(15)26(30)31-2)24(28-20-13-6-5-12-19(20)27-21)18-11-7-9-16-8-3-4-10-17(16)18/h3-13,15,22,24,27-28H,14H2,1-2H3/t15-,22-,24-/m0/s1. The van der Waals surface area contributed by atoms with Crippen LogP contribution in [0.1, 0.15) is 24.9 Å². The summed E-state index contributed by atoms with van der Waals surface area (Å²) in [6, 6.07) is 21.9. The van der Waals surface area contributed by atoms with E-state index in [2.05, 4.69) is 34.9 Å². The highest BCUT2D eigenvalue weighted by Crippen LogP contribution is 2.44. The molecule has 0 radical (unpaired) electrons. The van der Waals surface area contributed by atoms with E-state index in [-0.39, 0.29) is 17.7 Å². The van der Waals surface area contributed by atoms with Crippen LogP contribution in [0.25, 0.3) is 10.8 Å². The van der Waals surface area contributed by atoms with Gasteiger partial charge >= 0.3 is 5.97 Å². The monoisotopic (exact) mass is 412 g/mol. The van der Waals surface area contributed by atoms with E-state index < -0.39 is 11.9 Å². The third-order valence-corrected chi connectivity index (χ3v) is 6.36. The first kappa shape index (κ1) is 19.4. The Morgan fingerprint density at radius 2 is 1.68 bits per heavy atom. The molecule has 3 aromatic rings. The molecule has 2 N–H and O–H groups in total. The van der Waals surface area contributed by atoms with Gasteiger partial charge in [0.05, 0.1) is 24.5 Å². The minimum absolute atomic E-state index is 0.148. The predicted octanol–water partition coefficient (Wildman–Crippen LogP) is 5.07. The Morgan fingerprint density at radius 1 is 0.968 bits per heavy atom. The van der Waals surface area contributed by atoms with E-state index in [1.54, 1.807) is 0 Å². The number of hydrogen-bond donors (Lipinski definition) is 2. The molecule has 5 heteroatoms. The number of benzene rings is 3. The highest BCUT2D eigenvalue weighted by Gasteiger charge is 2.44. The zero-order valence-corrected chi connectivity index (χ0v) is 17.5. The van der Waals surface area contributed by atoms with Crippen molar-refractivity contribution < 1.29 is 14.3 Å². The van der Waals surface area contributed by atoms with Crippen molar-refractivity contribution in [2.24, 2.45) is 11.8 Å². The summed E-state index contributed by atoms with van der Waals surface area (Å²) in [5.41, 5.74) is 4.34. The lowest BCUT2D eigenvalue weighted by atomic mass is 9.74. The summed E-state index contributed by atoms with van der Waals surface area (Å²) in [5, 5.41) is 9.27. The SMILES string of the molecule is COC(=O)[C@@H]1C(=O)C2=C(C[C@@H]1C)Nc1ccccc1N[C@H]2c1cccc2ccccc12. The van der Waals surface area contributed by atoms with Gasteiger partial charge in [-0.25, -0.2) is 0 Å². The highest BCUT2D eigenvalue weighted by molar-refractivity contribution is 6.12. The van der Waals surface area contributed by atoms with Crippen molar-refractivity contribution in [2.75, 3.05) is 17.7 Å². The fraction of sp³-hybridized carbons (Fsp3) is 0.231. The van der Waals surface area contributed by atoms with Gasteiger partial charge in [-0.1, -0.05) is 61.5 Å². The smallest absolute Gasteiger partial charge is 0.316 e. The van der Waals surface area contributed by atoms with E-state index in [1.165, 1.54) is 7.11 Å². The predicted molar refractivity (Wildman–Crippen MR) is 122 cm³/mol. The molecule has 1 aliphatic heterocycles. The number of esters is 1. The topological polar surface area (TPSA) is 67.4 Å². The van der Waals surface area contributed by atoms with Crippen LogP contribution in [0.5, 0.6) is 0 Å². The molecule has 5 nitrogen and oxygen atoms in total. The number of nitrogens with one attached hydrogen (secondary N) is 2. The average Bonchev–Trinajstić information content (AvgIpc) is 2.95. The van der Waals surface area contributed by atoms with Crippen molar-refractivity contribution in [1.82, 2.24) is 0 Å². The summed E-state index contributed by atoms with van der Waals surface area (Å²) in [6.45, 7) is 1.93. The molecule has 3 aromatic carbocycles. The molecule has 0 fully saturated rings. The number of carbonyl (C=O) groups excluding carboxylic acids is 2. The first-order chi connectivity index (χ1) is 15.1. The van der Waals surface area contributed by atoms with E-state index in [0.717, 1.165) is 33.4 Å². The second-order valence-electron chi connectivity index (χ2n) is 8.26. The molecule has 156 valence electrons. The first-order valence-electron chi connectivity index (χ1n) is 10.5. The summed E-state index contributed by atoms with van der Waals surface area (Å²) < 4.78 is 4.99. The number of Topliss-reactive ketones (excluding diaryl/α,β-unsaturated/α-hetero) is 1. The molecule has 5 rings (SSSR count). The van der Waals surface area contributed by atoms with Gasteiger partial charge in [0, 0.05) is 11.3 Å². The van der Waals surface area contributed by atoms with Gasteiger partial charge < -0.3 is 15.4 Å². The summed E-state index contributed by atoms with van der Waals surface area (Å²) >= 11 is 0. The summed E-state index contributed by atoms with van der Waals surface area (Å²) in [5.74, 6) is -1.59. The number of ether oxygens (including phenoxy) is 1. The zero-order valence-electron chi connectivity index (χ0n) is 17.5. The largest absolute Gasteiger partial charge is 0.468 e. The Morgan fingerprint density at radius 3 is 2.48 bits per heavy atom. The zero-order chi connectivity index (χ0) is 21.5. The number of fused-ring (bicyclic) bond motifs is 2. The van der Waals surface area contributed by atoms with Crippen LogP contribution in [0.2, 0.25) is 0 Å². The van der Waals surface area contributed by atoms with Crippen molar-refractivity contribution in [3.63, 3.8) is 0 Å². The molecule has 0 saturated carbocycles. The molecular weight excluding hydrogens is 388 g/mol. The number of carbonyl (C=O) groups is 2. The van der Waals surface area contributed by atoms with Crippen LogP contribution in [-0.4, -0.2) is 18.9 Å². The van der Waals surface area contributed by atoms with Gasteiger partial charge in [0.15, 0.2) is 5.78 Å². The number of para-hydroxylation sites is 2. The number of anilines is 2. The molecule has 3 atom stereocenters. The second kappa shape index (κ2) is 7.58. The Hall–Kier alpha value is -3.60. The van der Waals surface area contributed by atoms with Crippen LogP contribution in [0.3, 0.4) is 0 Å². The maximum atomic E-state index is 13.8. The molecule has 0 spiro atoms. The van der Waals surface area contributed by atoms with E-state index >= 15 is 0 Å². The van der Waals surface area contributed by atoms with Gasteiger partial charge in [-0.15, -0.1) is 0 Å². The van der Waals surface area contributed by atoms with Gasteiger partial charge in [0.2, 0.25) is 0 Å². The van der Waals surface area contributed by atoms with Gasteiger partial charge in [-0.2, -0.15) is 0 Å². The number of methoxy groups -OCH3 is 1. The molecule has 2 aliphatic rings. The van der Waals surface area contributed by atoms with Crippen LogP contribution in [-0.2, 0) is 14.3 Å². The Bertz CT molecular complexity index is 1220. The van der Waals surface area contributed by atoms with Crippen LogP contribution in [0.4, 0.5) is 11.4 Å². The third kappa shape index (κ3) is 3.17. The minimum Gasteiger partial charge on any atom is -0.468 e. The fourth-order valence-electron chi connectivity index (χ4n) is 4.87. The molecule has 0 amide bonds. The quantitative estimate of drug-likeness (QED) is 0.454. The lowest BCUT2D eigenvalue weighted by Gasteiger charge is -2.32. The molecule has 0 bridgehead atoms. The third-order valence-electron chi connectivity index (χ3n) is 6.36. The molecular formula is C26H24N2O3. The van der Waals surface area contributed by atoms with Gasteiger partial charge in [-0.3, -0.25) is 9.59 Å². The summed E-state index contributed by atoms with van der Waals surface area (Å²) in [4.78, 5) is 26.3. The highest BCUT2D eigenvalue weighted by atomic mass is 16.5. The summed E-state index contributed by atoms with van der Waals surface area (Å²) in [7, 11) is 1.34. The number of allylic oxidation sites excluding steroid dienone is 1. The number of ketones is 1. The van der Waals surface area contributed by atoms with Crippen LogP contribution in [0, 0.1) is 11.8 Å². The molecule has 0 saturated heterocycles.